The molecule has 92 valence electrons. The van der Waals surface area contributed by atoms with Crippen molar-refractivity contribution >= 4 is 30.4 Å². The Balaban J connectivity index is 2.29. The maximum atomic E-state index is 5.64. The van der Waals surface area contributed by atoms with E-state index in [4.69, 9.17) is 9.72 Å². The number of fused-ring (bicyclic) bond motifs is 3. The second-order valence-corrected chi connectivity index (χ2v) is 10.7. The summed E-state index contributed by atoms with van der Waals surface area (Å²) < 4.78 is 5.64. The van der Waals surface area contributed by atoms with Gasteiger partial charge in [-0.25, -0.2) is 0 Å². The Bertz CT molecular complexity index is 641. The van der Waals surface area contributed by atoms with Crippen molar-refractivity contribution in [2.75, 3.05) is 6.61 Å². The van der Waals surface area contributed by atoms with Crippen LogP contribution in [0.2, 0.25) is 19.6 Å². The molecule has 0 atom stereocenters. The highest BCUT2D eigenvalue weighted by atomic mass is 28.3. The summed E-state index contributed by atoms with van der Waals surface area (Å²) in [5, 5.41) is 2.44. The van der Waals surface area contributed by atoms with Crippen molar-refractivity contribution in [1.82, 2.24) is 4.98 Å². The van der Waals surface area contributed by atoms with Gasteiger partial charge < -0.3 is 4.74 Å². The lowest BCUT2D eigenvalue weighted by Crippen LogP contribution is -2.39. The van der Waals surface area contributed by atoms with Crippen LogP contribution < -0.4 is 10.1 Å². The first kappa shape index (κ1) is 11.5. The van der Waals surface area contributed by atoms with Crippen LogP contribution >= 0.6 is 0 Å². The molecule has 0 aliphatic carbocycles. The Labute approximate surface area is 108 Å². The monoisotopic (exact) mass is 255 g/mol. The molecule has 0 radical (unpaired) electrons. The lowest BCUT2D eigenvalue weighted by molar-refractivity contribution is 0.359. The third kappa shape index (κ3) is 1.84. The summed E-state index contributed by atoms with van der Waals surface area (Å²) >= 11 is 0. The Morgan fingerprint density at radius 3 is 2.67 bits per heavy atom. The summed E-state index contributed by atoms with van der Waals surface area (Å²) in [6.45, 7) is 7.63. The van der Waals surface area contributed by atoms with Crippen LogP contribution in [-0.2, 0) is 0 Å². The van der Waals surface area contributed by atoms with Gasteiger partial charge in [-0.05, 0) is 30.4 Å². The van der Waals surface area contributed by atoms with Crippen molar-refractivity contribution < 1.29 is 4.74 Å². The molecule has 0 saturated heterocycles. The summed E-state index contributed by atoms with van der Waals surface area (Å²) in [6, 6.07) is 8.48. The molecule has 3 rings (SSSR count). The first-order valence-corrected chi connectivity index (χ1v) is 9.79. The smallest absolute Gasteiger partial charge is 0.129 e. The SMILES string of the molecule is C[Si](C)(C)c1ccc2ccc3c(c2n1)C=CCO3. The third-order valence-corrected chi connectivity index (χ3v) is 5.06. The fraction of sp³-hybridized carbons (Fsp3) is 0.267. The molecule has 2 aromatic rings. The summed E-state index contributed by atoms with van der Waals surface area (Å²) in [4.78, 5) is 4.89. The number of pyridine rings is 1. The van der Waals surface area contributed by atoms with Crippen molar-refractivity contribution in [2.24, 2.45) is 0 Å². The first-order valence-electron chi connectivity index (χ1n) is 6.29. The predicted molar refractivity (Wildman–Crippen MR) is 79.3 cm³/mol. The van der Waals surface area contributed by atoms with E-state index in [0.29, 0.717) is 6.61 Å². The molecule has 0 spiro atoms. The van der Waals surface area contributed by atoms with Crippen LogP contribution in [0.3, 0.4) is 0 Å². The third-order valence-electron chi connectivity index (χ3n) is 3.25. The van der Waals surface area contributed by atoms with Crippen LogP contribution in [0.5, 0.6) is 5.75 Å². The molecule has 1 aliphatic rings. The van der Waals surface area contributed by atoms with Gasteiger partial charge in [-0.3, -0.25) is 4.98 Å². The summed E-state index contributed by atoms with van der Waals surface area (Å²) in [6.07, 6.45) is 4.17. The van der Waals surface area contributed by atoms with Gasteiger partial charge in [0.05, 0.1) is 5.52 Å². The van der Waals surface area contributed by atoms with E-state index in [-0.39, 0.29) is 0 Å². The number of nitrogens with zero attached hydrogens (tertiary/aromatic N) is 1. The molecule has 2 nitrogen and oxygen atoms in total. The Morgan fingerprint density at radius 2 is 1.89 bits per heavy atom. The molecule has 1 aliphatic heterocycles. The standard InChI is InChI=1S/C15H17NOSi/c1-18(2,3)14-9-7-11-6-8-13-12(15(11)16-14)5-4-10-17-13/h4-9H,10H2,1-3H3. The zero-order chi connectivity index (χ0) is 12.8. The number of hydrogen-bond acceptors (Lipinski definition) is 2. The van der Waals surface area contributed by atoms with Gasteiger partial charge in [0.1, 0.15) is 20.4 Å². The molecule has 0 unspecified atom stereocenters. The summed E-state index contributed by atoms with van der Waals surface area (Å²) in [5.74, 6) is 0.949. The number of hydrogen-bond donors (Lipinski definition) is 0. The number of benzene rings is 1. The van der Waals surface area contributed by atoms with E-state index < -0.39 is 8.07 Å². The minimum Gasteiger partial charge on any atom is -0.489 e. The predicted octanol–water partition coefficient (Wildman–Crippen LogP) is 3.19. The second-order valence-electron chi connectivity index (χ2n) is 5.71. The summed E-state index contributed by atoms with van der Waals surface area (Å²) in [5.41, 5.74) is 2.20. The van der Waals surface area contributed by atoms with Gasteiger partial charge in [0.2, 0.25) is 0 Å². The van der Waals surface area contributed by atoms with Gasteiger partial charge in [-0.1, -0.05) is 25.7 Å². The van der Waals surface area contributed by atoms with E-state index in [9.17, 15) is 0 Å². The molecular formula is C15H17NOSi. The molecule has 0 amide bonds. The van der Waals surface area contributed by atoms with Gasteiger partial charge in [0, 0.05) is 16.3 Å². The van der Waals surface area contributed by atoms with Crippen molar-refractivity contribution in [2.45, 2.75) is 19.6 Å². The molecule has 1 aromatic carbocycles. The molecule has 18 heavy (non-hydrogen) atoms. The van der Waals surface area contributed by atoms with Gasteiger partial charge >= 0.3 is 0 Å². The first-order chi connectivity index (χ1) is 8.55. The molecule has 2 heterocycles. The summed E-state index contributed by atoms with van der Waals surface area (Å²) in [7, 11) is -1.37. The van der Waals surface area contributed by atoms with E-state index in [0.717, 1.165) is 16.8 Å². The molecule has 0 bridgehead atoms. The highest BCUT2D eigenvalue weighted by molar-refractivity contribution is 6.88. The van der Waals surface area contributed by atoms with E-state index >= 15 is 0 Å². The number of rotatable bonds is 1. The average molecular weight is 255 g/mol. The maximum Gasteiger partial charge on any atom is 0.129 e. The van der Waals surface area contributed by atoms with Crippen LogP contribution in [0.4, 0.5) is 0 Å². The lowest BCUT2D eigenvalue weighted by atomic mass is 10.1. The molecule has 3 heteroatoms. The number of ether oxygens (including phenoxy) is 1. The van der Waals surface area contributed by atoms with Crippen LogP contribution in [0.25, 0.3) is 17.0 Å². The van der Waals surface area contributed by atoms with Crippen LogP contribution in [0, 0.1) is 0 Å². The fourth-order valence-electron chi connectivity index (χ4n) is 2.20. The van der Waals surface area contributed by atoms with E-state index in [1.807, 2.05) is 12.1 Å². The topological polar surface area (TPSA) is 22.1 Å². The number of aromatic nitrogens is 1. The highest BCUT2D eigenvalue weighted by Gasteiger charge is 2.19. The van der Waals surface area contributed by atoms with Crippen LogP contribution in [0.15, 0.2) is 30.3 Å². The average Bonchev–Trinajstić information content (AvgIpc) is 2.37. The minimum atomic E-state index is -1.37. The Kier molecular flexibility index (Phi) is 2.52. The van der Waals surface area contributed by atoms with Crippen LogP contribution in [-0.4, -0.2) is 19.7 Å². The van der Waals surface area contributed by atoms with Gasteiger partial charge in [-0.2, -0.15) is 0 Å². The lowest BCUT2D eigenvalue weighted by Gasteiger charge is -2.18. The Morgan fingerprint density at radius 1 is 1.11 bits per heavy atom. The molecule has 0 saturated carbocycles. The van der Waals surface area contributed by atoms with E-state index in [2.05, 4.69) is 43.9 Å². The van der Waals surface area contributed by atoms with E-state index in [1.54, 1.807) is 0 Å². The zero-order valence-corrected chi connectivity index (χ0v) is 12.0. The molecule has 1 aromatic heterocycles. The zero-order valence-electron chi connectivity index (χ0n) is 11.0. The van der Waals surface area contributed by atoms with Gasteiger partial charge in [0.15, 0.2) is 0 Å². The highest BCUT2D eigenvalue weighted by Crippen LogP contribution is 2.29. The molecule has 0 fully saturated rings. The van der Waals surface area contributed by atoms with Gasteiger partial charge in [0.25, 0.3) is 0 Å². The van der Waals surface area contributed by atoms with E-state index in [1.165, 1.54) is 10.7 Å². The van der Waals surface area contributed by atoms with Crippen LogP contribution in [0.1, 0.15) is 5.56 Å². The molecular weight excluding hydrogens is 238 g/mol. The second kappa shape index (κ2) is 3.95. The molecule has 0 N–H and O–H groups in total. The van der Waals surface area contributed by atoms with Crippen molar-refractivity contribution in [3.05, 3.63) is 35.9 Å². The minimum absolute atomic E-state index is 0.659. The largest absolute Gasteiger partial charge is 0.489 e. The van der Waals surface area contributed by atoms with Gasteiger partial charge in [-0.15, -0.1) is 0 Å². The van der Waals surface area contributed by atoms with Crippen molar-refractivity contribution in [3.8, 4) is 5.75 Å². The Hall–Kier alpha value is -1.61. The van der Waals surface area contributed by atoms with Crippen molar-refractivity contribution in [3.63, 3.8) is 0 Å². The quantitative estimate of drug-likeness (QED) is 0.730. The normalized spacial score (nSPS) is 14.4. The fourth-order valence-corrected chi connectivity index (χ4v) is 3.23. The maximum absolute atomic E-state index is 5.64. The van der Waals surface area contributed by atoms with Crippen molar-refractivity contribution in [1.29, 1.82) is 0 Å².